The number of rotatable bonds is 6. The highest BCUT2D eigenvalue weighted by molar-refractivity contribution is 7.89. The molecule has 3 unspecified atom stereocenters. The average Bonchev–Trinajstić information content (AvgIpc) is 3.01. The number of hydrogen-bond acceptors (Lipinski definition) is 7. The largest absolute Gasteiger partial charge is 0.497 e. The molecule has 1 amide bonds. The minimum atomic E-state index is -3.78. The lowest BCUT2D eigenvalue weighted by Gasteiger charge is -2.35. The van der Waals surface area contributed by atoms with Crippen LogP contribution in [0.4, 0.5) is 0 Å². The molecule has 0 bridgehead atoms. The first-order valence-corrected chi connectivity index (χ1v) is 10.7. The normalized spacial score (nSPS) is 26.4. The van der Waals surface area contributed by atoms with Crippen LogP contribution in [0.3, 0.4) is 0 Å². The second-order valence-electron chi connectivity index (χ2n) is 7.07. The van der Waals surface area contributed by atoms with E-state index in [0.717, 1.165) is 0 Å². The lowest BCUT2D eigenvalue weighted by atomic mass is 10.1. The van der Waals surface area contributed by atoms with Gasteiger partial charge in [-0.25, -0.2) is 13.1 Å². The summed E-state index contributed by atoms with van der Waals surface area (Å²) in [6.45, 7) is 4.85. The third-order valence-electron chi connectivity index (χ3n) is 5.22. The van der Waals surface area contributed by atoms with Crippen LogP contribution in [0.15, 0.2) is 29.2 Å². The van der Waals surface area contributed by atoms with E-state index >= 15 is 0 Å². The molecule has 1 aromatic rings. The molecule has 0 radical (unpaired) electrons. The van der Waals surface area contributed by atoms with E-state index in [-0.39, 0.29) is 17.4 Å². The summed E-state index contributed by atoms with van der Waals surface area (Å²) in [4.78, 5) is 15.4. The Hall–Kier alpha value is -1.72. The summed E-state index contributed by atoms with van der Waals surface area (Å²) in [6, 6.07) is 5.33. The molecule has 2 N–H and O–H groups in total. The lowest BCUT2D eigenvalue weighted by molar-refractivity contribution is -0.130. The van der Waals surface area contributed by atoms with Gasteiger partial charge in [-0.05, 0) is 24.3 Å². The summed E-state index contributed by atoms with van der Waals surface area (Å²) >= 11 is 0. The predicted molar refractivity (Wildman–Crippen MR) is 102 cm³/mol. The van der Waals surface area contributed by atoms with Crippen LogP contribution in [-0.2, 0) is 19.6 Å². The number of amides is 1. The molecule has 1 aromatic carbocycles. The highest BCUT2D eigenvalue weighted by Crippen LogP contribution is 2.20. The number of aliphatic hydroxyl groups is 1. The Labute approximate surface area is 165 Å². The van der Waals surface area contributed by atoms with E-state index in [2.05, 4.69) is 9.62 Å². The number of hydrogen-bond donors (Lipinski definition) is 2. The topological polar surface area (TPSA) is 108 Å². The molecule has 3 rings (SSSR count). The van der Waals surface area contributed by atoms with Gasteiger partial charge < -0.3 is 19.5 Å². The van der Waals surface area contributed by atoms with Crippen molar-refractivity contribution in [3.63, 3.8) is 0 Å². The standard InChI is InChI=1S/C18H27N3O6S/c1-13(22)21-9-7-20(8-10-21)11-17-18(23)16(12-27-17)19-28(24,25)15-5-3-14(26-2)4-6-15/h3-6,16-19,23H,7-12H2,1-2H3. The first-order valence-electron chi connectivity index (χ1n) is 9.24. The van der Waals surface area contributed by atoms with Crippen molar-refractivity contribution < 1.29 is 27.8 Å². The number of piperazine rings is 1. The second-order valence-corrected chi connectivity index (χ2v) is 8.79. The predicted octanol–water partition coefficient (Wildman–Crippen LogP) is -0.734. The first-order chi connectivity index (χ1) is 13.3. The van der Waals surface area contributed by atoms with Crippen molar-refractivity contribution >= 4 is 15.9 Å². The van der Waals surface area contributed by atoms with Gasteiger partial charge >= 0.3 is 0 Å². The molecule has 2 heterocycles. The molecule has 2 fully saturated rings. The van der Waals surface area contributed by atoms with E-state index in [4.69, 9.17) is 9.47 Å². The van der Waals surface area contributed by atoms with Gasteiger partial charge in [0.05, 0.1) is 36.9 Å². The van der Waals surface area contributed by atoms with Crippen LogP contribution in [0.1, 0.15) is 6.92 Å². The molecule has 10 heteroatoms. The van der Waals surface area contributed by atoms with Crippen LogP contribution >= 0.6 is 0 Å². The van der Waals surface area contributed by atoms with Gasteiger partial charge in [-0.2, -0.15) is 0 Å². The van der Waals surface area contributed by atoms with Crippen LogP contribution in [0.5, 0.6) is 5.75 Å². The van der Waals surface area contributed by atoms with Crippen molar-refractivity contribution in [2.24, 2.45) is 0 Å². The smallest absolute Gasteiger partial charge is 0.240 e. The molecule has 9 nitrogen and oxygen atoms in total. The summed E-state index contributed by atoms with van der Waals surface area (Å²) in [6.07, 6.45) is -1.42. The van der Waals surface area contributed by atoms with Gasteiger partial charge in [-0.3, -0.25) is 9.69 Å². The summed E-state index contributed by atoms with van der Waals surface area (Å²) in [5.41, 5.74) is 0. The number of carbonyl (C=O) groups excluding carboxylic acids is 1. The van der Waals surface area contributed by atoms with Crippen LogP contribution in [-0.4, -0.2) is 93.9 Å². The SMILES string of the molecule is COc1ccc(S(=O)(=O)NC2COC(CN3CCN(C(C)=O)CC3)C2O)cc1. The molecule has 2 aliphatic rings. The molecule has 0 saturated carbocycles. The second kappa shape index (κ2) is 8.75. The van der Waals surface area contributed by atoms with E-state index in [1.807, 2.05) is 0 Å². The number of methoxy groups -OCH3 is 1. The van der Waals surface area contributed by atoms with E-state index < -0.39 is 28.3 Å². The van der Waals surface area contributed by atoms with E-state index in [0.29, 0.717) is 38.5 Å². The highest BCUT2D eigenvalue weighted by atomic mass is 32.2. The summed E-state index contributed by atoms with van der Waals surface area (Å²) in [5.74, 6) is 0.623. The van der Waals surface area contributed by atoms with E-state index in [9.17, 15) is 18.3 Å². The molecule has 0 spiro atoms. The van der Waals surface area contributed by atoms with Crippen molar-refractivity contribution in [2.75, 3.05) is 46.4 Å². The number of nitrogens with zero attached hydrogens (tertiary/aromatic N) is 2. The summed E-state index contributed by atoms with van der Waals surface area (Å²) in [7, 11) is -2.27. The molecule has 3 atom stereocenters. The van der Waals surface area contributed by atoms with Crippen molar-refractivity contribution in [3.05, 3.63) is 24.3 Å². The molecular weight excluding hydrogens is 386 g/mol. The number of carbonyl (C=O) groups is 1. The summed E-state index contributed by atoms with van der Waals surface area (Å²) in [5, 5.41) is 10.5. The molecule has 0 aliphatic carbocycles. The Kier molecular flexibility index (Phi) is 6.56. The fraction of sp³-hybridized carbons (Fsp3) is 0.611. The van der Waals surface area contributed by atoms with Gasteiger partial charge in [0.2, 0.25) is 15.9 Å². The first kappa shape index (κ1) is 21.0. The molecule has 2 aliphatic heterocycles. The lowest BCUT2D eigenvalue weighted by Crippen LogP contribution is -2.52. The Bertz CT molecular complexity index is 777. The maximum absolute atomic E-state index is 12.6. The van der Waals surface area contributed by atoms with Crippen LogP contribution < -0.4 is 9.46 Å². The Balaban J connectivity index is 1.55. The number of sulfonamides is 1. The van der Waals surface area contributed by atoms with Gasteiger partial charge in [-0.15, -0.1) is 0 Å². The maximum atomic E-state index is 12.6. The van der Waals surface area contributed by atoms with E-state index in [1.165, 1.54) is 19.2 Å². The molecule has 0 aromatic heterocycles. The van der Waals surface area contributed by atoms with Gasteiger partial charge in [0.15, 0.2) is 0 Å². The van der Waals surface area contributed by atoms with Crippen LogP contribution in [0.25, 0.3) is 0 Å². The minimum absolute atomic E-state index is 0.0600. The Morgan fingerprint density at radius 3 is 2.46 bits per heavy atom. The van der Waals surface area contributed by atoms with Crippen LogP contribution in [0.2, 0.25) is 0 Å². The zero-order chi connectivity index (χ0) is 20.3. The Morgan fingerprint density at radius 1 is 1.25 bits per heavy atom. The number of ether oxygens (including phenoxy) is 2. The molecule has 28 heavy (non-hydrogen) atoms. The van der Waals surface area contributed by atoms with E-state index in [1.54, 1.807) is 24.0 Å². The third kappa shape index (κ3) is 4.81. The molecule has 156 valence electrons. The minimum Gasteiger partial charge on any atom is -0.497 e. The fourth-order valence-corrected chi connectivity index (χ4v) is 4.71. The van der Waals surface area contributed by atoms with Gasteiger partial charge in [0.1, 0.15) is 5.75 Å². The van der Waals surface area contributed by atoms with Crippen molar-refractivity contribution in [1.29, 1.82) is 0 Å². The number of nitrogens with one attached hydrogen (secondary N) is 1. The number of benzene rings is 1. The Morgan fingerprint density at radius 2 is 1.89 bits per heavy atom. The highest BCUT2D eigenvalue weighted by Gasteiger charge is 2.39. The zero-order valence-electron chi connectivity index (χ0n) is 16.1. The van der Waals surface area contributed by atoms with Gasteiger partial charge in [-0.1, -0.05) is 0 Å². The molecular formula is C18H27N3O6S. The van der Waals surface area contributed by atoms with Crippen molar-refractivity contribution in [3.8, 4) is 5.75 Å². The monoisotopic (exact) mass is 413 g/mol. The maximum Gasteiger partial charge on any atom is 0.240 e. The van der Waals surface area contributed by atoms with Gasteiger partial charge in [0, 0.05) is 39.6 Å². The van der Waals surface area contributed by atoms with Crippen LogP contribution in [0, 0.1) is 0 Å². The fourth-order valence-electron chi connectivity index (χ4n) is 3.47. The van der Waals surface area contributed by atoms with Gasteiger partial charge in [0.25, 0.3) is 0 Å². The quantitative estimate of drug-likeness (QED) is 0.633. The van der Waals surface area contributed by atoms with Crippen molar-refractivity contribution in [2.45, 2.75) is 30.1 Å². The van der Waals surface area contributed by atoms with Crippen molar-refractivity contribution in [1.82, 2.24) is 14.5 Å². The molecule has 2 saturated heterocycles. The number of aliphatic hydroxyl groups excluding tert-OH is 1. The summed E-state index contributed by atoms with van der Waals surface area (Å²) < 4.78 is 38.4. The third-order valence-corrected chi connectivity index (χ3v) is 6.72. The zero-order valence-corrected chi connectivity index (χ0v) is 16.9. The average molecular weight is 413 g/mol.